The summed E-state index contributed by atoms with van der Waals surface area (Å²) in [6.07, 6.45) is 2.10. The van der Waals surface area contributed by atoms with Gasteiger partial charge in [0.1, 0.15) is 0 Å². The third-order valence-corrected chi connectivity index (χ3v) is 3.03. The van der Waals surface area contributed by atoms with Crippen LogP contribution < -0.4 is 5.32 Å². The van der Waals surface area contributed by atoms with Crippen LogP contribution in [0.3, 0.4) is 0 Å². The molecule has 1 heterocycles. The first kappa shape index (κ1) is 13.5. The molecule has 1 aliphatic heterocycles. The van der Waals surface area contributed by atoms with Crippen molar-refractivity contribution in [2.75, 3.05) is 40.3 Å². The molecule has 0 spiro atoms. The van der Waals surface area contributed by atoms with E-state index in [-0.39, 0.29) is 5.91 Å². The molecule has 1 saturated heterocycles. The first-order chi connectivity index (χ1) is 7.43. The van der Waals surface area contributed by atoms with Crippen molar-refractivity contribution in [1.29, 1.82) is 0 Å². The molecule has 1 fully saturated rings. The minimum atomic E-state index is -0.394. The Kier molecular flexibility index (Phi) is 4.74. The third-order valence-electron chi connectivity index (χ3n) is 3.03. The number of hydrogen-bond donors (Lipinski definition) is 1. The Balaban J connectivity index is 2.47. The molecule has 0 aliphatic carbocycles. The Hall–Kier alpha value is -0.610. The van der Waals surface area contributed by atoms with Crippen molar-refractivity contribution in [3.63, 3.8) is 0 Å². The van der Waals surface area contributed by atoms with Crippen LogP contribution in [-0.4, -0.2) is 61.5 Å². The lowest BCUT2D eigenvalue weighted by Crippen LogP contribution is -2.51. The van der Waals surface area contributed by atoms with Crippen LogP contribution in [0, 0.1) is 0 Å². The summed E-state index contributed by atoms with van der Waals surface area (Å²) in [4.78, 5) is 16.4. The van der Waals surface area contributed by atoms with Crippen LogP contribution in [0.1, 0.15) is 26.7 Å². The summed E-state index contributed by atoms with van der Waals surface area (Å²) < 4.78 is 0. The van der Waals surface area contributed by atoms with E-state index in [1.165, 1.54) is 0 Å². The molecule has 1 aliphatic rings. The topological polar surface area (TPSA) is 35.6 Å². The molecule has 0 aromatic heterocycles. The zero-order chi connectivity index (χ0) is 12.2. The van der Waals surface area contributed by atoms with E-state index in [1.807, 2.05) is 18.7 Å². The second kappa shape index (κ2) is 5.64. The largest absolute Gasteiger partial charge is 0.341 e. The predicted octanol–water partition coefficient (Wildman–Crippen LogP) is 0.539. The van der Waals surface area contributed by atoms with E-state index >= 15 is 0 Å². The Labute approximate surface area is 99.0 Å². The highest BCUT2D eigenvalue weighted by molar-refractivity contribution is 5.85. The Morgan fingerprint density at radius 1 is 1.44 bits per heavy atom. The van der Waals surface area contributed by atoms with Gasteiger partial charge in [0.2, 0.25) is 5.91 Å². The Morgan fingerprint density at radius 2 is 2.12 bits per heavy atom. The van der Waals surface area contributed by atoms with E-state index in [9.17, 15) is 4.79 Å². The van der Waals surface area contributed by atoms with Crippen LogP contribution in [-0.2, 0) is 4.79 Å². The molecule has 94 valence electrons. The molecule has 0 radical (unpaired) electrons. The molecule has 1 amide bonds. The van der Waals surface area contributed by atoms with Gasteiger partial charge in [-0.1, -0.05) is 0 Å². The van der Waals surface area contributed by atoms with Crippen molar-refractivity contribution in [3.05, 3.63) is 0 Å². The van der Waals surface area contributed by atoms with E-state index in [0.29, 0.717) is 0 Å². The van der Waals surface area contributed by atoms with E-state index in [1.54, 1.807) is 0 Å². The third kappa shape index (κ3) is 3.76. The van der Waals surface area contributed by atoms with Crippen molar-refractivity contribution >= 4 is 5.91 Å². The molecule has 0 aromatic rings. The van der Waals surface area contributed by atoms with Crippen LogP contribution in [0.2, 0.25) is 0 Å². The van der Waals surface area contributed by atoms with E-state index in [0.717, 1.165) is 39.0 Å². The average molecular weight is 227 g/mol. The van der Waals surface area contributed by atoms with Crippen LogP contribution in [0.25, 0.3) is 0 Å². The quantitative estimate of drug-likeness (QED) is 0.761. The maximum Gasteiger partial charge on any atom is 0.242 e. The highest BCUT2D eigenvalue weighted by Crippen LogP contribution is 2.12. The number of nitrogens with one attached hydrogen (secondary N) is 1. The molecule has 16 heavy (non-hydrogen) atoms. The van der Waals surface area contributed by atoms with Gasteiger partial charge in [0.25, 0.3) is 0 Å². The SMILES string of the molecule is CN(C)CCCN1CCCNC(C)(C)C1=O. The normalized spacial score (nSPS) is 21.3. The summed E-state index contributed by atoms with van der Waals surface area (Å²) in [6, 6.07) is 0. The minimum absolute atomic E-state index is 0.240. The Bertz CT molecular complexity index is 238. The maximum absolute atomic E-state index is 12.2. The van der Waals surface area contributed by atoms with E-state index in [4.69, 9.17) is 0 Å². The number of nitrogens with zero attached hydrogens (tertiary/aromatic N) is 2. The van der Waals surface area contributed by atoms with Crippen LogP contribution >= 0.6 is 0 Å². The first-order valence-electron chi connectivity index (χ1n) is 6.12. The molecule has 0 saturated carbocycles. The van der Waals surface area contributed by atoms with Gasteiger partial charge in [-0.2, -0.15) is 0 Å². The van der Waals surface area contributed by atoms with Crippen molar-refractivity contribution in [1.82, 2.24) is 15.1 Å². The highest BCUT2D eigenvalue weighted by Gasteiger charge is 2.32. The molecular formula is C12H25N3O. The van der Waals surface area contributed by atoms with Gasteiger partial charge in [0, 0.05) is 13.1 Å². The number of carbonyl (C=O) groups is 1. The number of hydrogen-bond acceptors (Lipinski definition) is 3. The average Bonchev–Trinajstić information content (AvgIpc) is 2.30. The van der Waals surface area contributed by atoms with Gasteiger partial charge < -0.3 is 15.1 Å². The summed E-state index contributed by atoms with van der Waals surface area (Å²) in [6.45, 7) is 7.69. The smallest absolute Gasteiger partial charge is 0.242 e. The lowest BCUT2D eigenvalue weighted by molar-refractivity contribution is -0.136. The van der Waals surface area contributed by atoms with Crippen molar-refractivity contribution in [3.8, 4) is 0 Å². The highest BCUT2D eigenvalue weighted by atomic mass is 16.2. The standard InChI is InChI=1S/C12H25N3O/c1-12(2)11(16)15(9-5-7-13-12)10-6-8-14(3)4/h13H,5-10H2,1-4H3. The number of rotatable bonds is 4. The van der Waals surface area contributed by atoms with E-state index < -0.39 is 5.54 Å². The van der Waals surface area contributed by atoms with Crippen molar-refractivity contribution < 1.29 is 4.79 Å². The Morgan fingerprint density at radius 3 is 2.75 bits per heavy atom. The van der Waals surface area contributed by atoms with Crippen LogP contribution in [0.15, 0.2) is 0 Å². The van der Waals surface area contributed by atoms with Gasteiger partial charge in [-0.05, 0) is 53.9 Å². The fraction of sp³-hybridized carbons (Fsp3) is 0.917. The molecule has 0 aromatic carbocycles. The monoisotopic (exact) mass is 227 g/mol. The van der Waals surface area contributed by atoms with Gasteiger partial charge in [0.15, 0.2) is 0 Å². The fourth-order valence-electron chi connectivity index (χ4n) is 2.03. The zero-order valence-corrected chi connectivity index (χ0v) is 11.0. The van der Waals surface area contributed by atoms with Gasteiger partial charge in [-0.15, -0.1) is 0 Å². The molecule has 0 atom stereocenters. The van der Waals surface area contributed by atoms with Crippen molar-refractivity contribution in [2.24, 2.45) is 0 Å². The van der Waals surface area contributed by atoms with Gasteiger partial charge in [-0.3, -0.25) is 4.79 Å². The predicted molar refractivity (Wildman–Crippen MR) is 66.4 cm³/mol. The van der Waals surface area contributed by atoms with Crippen molar-refractivity contribution in [2.45, 2.75) is 32.2 Å². The molecule has 4 nitrogen and oxygen atoms in total. The molecular weight excluding hydrogens is 202 g/mol. The van der Waals surface area contributed by atoms with Crippen LogP contribution in [0.5, 0.6) is 0 Å². The first-order valence-corrected chi connectivity index (χ1v) is 6.12. The molecule has 1 N–H and O–H groups in total. The molecule has 0 unspecified atom stereocenters. The number of carbonyl (C=O) groups excluding carboxylic acids is 1. The summed E-state index contributed by atoms with van der Waals surface area (Å²) in [5, 5.41) is 3.30. The second-order valence-electron chi connectivity index (χ2n) is 5.35. The summed E-state index contributed by atoms with van der Waals surface area (Å²) in [5.74, 6) is 0.240. The van der Waals surface area contributed by atoms with Crippen LogP contribution in [0.4, 0.5) is 0 Å². The zero-order valence-electron chi connectivity index (χ0n) is 11.0. The minimum Gasteiger partial charge on any atom is -0.341 e. The summed E-state index contributed by atoms with van der Waals surface area (Å²) >= 11 is 0. The van der Waals surface area contributed by atoms with Gasteiger partial charge >= 0.3 is 0 Å². The number of amides is 1. The lowest BCUT2D eigenvalue weighted by atomic mass is 10.0. The fourth-order valence-corrected chi connectivity index (χ4v) is 2.03. The maximum atomic E-state index is 12.2. The summed E-state index contributed by atoms with van der Waals surface area (Å²) in [7, 11) is 4.13. The molecule has 0 bridgehead atoms. The second-order valence-corrected chi connectivity index (χ2v) is 5.35. The summed E-state index contributed by atoms with van der Waals surface area (Å²) in [5.41, 5.74) is -0.394. The molecule has 4 heteroatoms. The van der Waals surface area contributed by atoms with Gasteiger partial charge in [0.05, 0.1) is 5.54 Å². The van der Waals surface area contributed by atoms with Gasteiger partial charge in [-0.25, -0.2) is 0 Å². The van der Waals surface area contributed by atoms with E-state index in [2.05, 4.69) is 24.3 Å². The molecule has 1 rings (SSSR count). The lowest BCUT2D eigenvalue weighted by Gasteiger charge is -2.29.